The molecule has 68 valence electrons. The highest BCUT2D eigenvalue weighted by Gasteiger charge is 2.13. The molecule has 0 atom stereocenters. The second kappa shape index (κ2) is 3.91. The van der Waals surface area contributed by atoms with E-state index in [2.05, 4.69) is 5.16 Å². The molecule has 1 aromatic carbocycles. The molecule has 0 saturated carbocycles. The Morgan fingerprint density at radius 1 is 1.46 bits per heavy atom. The Morgan fingerprint density at radius 2 is 2.08 bits per heavy atom. The van der Waals surface area contributed by atoms with E-state index in [4.69, 9.17) is 22.5 Å². The summed E-state index contributed by atoms with van der Waals surface area (Å²) in [6, 6.07) is 6.48. The van der Waals surface area contributed by atoms with Crippen LogP contribution >= 0.6 is 11.6 Å². The van der Waals surface area contributed by atoms with Crippen molar-refractivity contribution in [3.63, 3.8) is 0 Å². The van der Waals surface area contributed by atoms with Gasteiger partial charge in [0.2, 0.25) is 0 Å². The van der Waals surface area contributed by atoms with Crippen molar-refractivity contribution in [3.05, 3.63) is 34.9 Å². The molecule has 0 radical (unpaired) electrons. The molecule has 4 nitrogen and oxygen atoms in total. The van der Waals surface area contributed by atoms with E-state index in [9.17, 15) is 4.79 Å². The third-order valence-electron chi connectivity index (χ3n) is 1.46. The van der Waals surface area contributed by atoms with Crippen molar-refractivity contribution >= 4 is 23.2 Å². The van der Waals surface area contributed by atoms with Crippen LogP contribution < -0.4 is 5.73 Å². The zero-order valence-electron chi connectivity index (χ0n) is 6.57. The van der Waals surface area contributed by atoms with Crippen molar-refractivity contribution < 1.29 is 10.0 Å². The van der Waals surface area contributed by atoms with Crippen LogP contribution in [0, 0.1) is 0 Å². The standard InChI is InChI=1S/C8H7ClN2O2/c9-6-4-2-1-3-5(6)7(11-13)8(10)12/h1-4,13H,(H2,10,12). The Kier molecular flexibility index (Phi) is 2.87. The number of primary amides is 1. The minimum atomic E-state index is -0.824. The molecule has 0 aliphatic heterocycles. The monoisotopic (exact) mass is 198 g/mol. The first kappa shape index (κ1) is 9.54. The van der Waals surface area contributed by atoms with Crippen LogP contribution in [0.4, 0.5) is 0 Å². The zero-order chi connectivity index (χ0) is 9.84. The maximum atomic E-state index is 10.8. The Hall–Kier alpha value is -1.55. The highest BCUT2D eigenvalue weighted by molar-refractivity contribution is 6.48. The van der Waals surface area contributed by atoms with Gasteiger partial charge in [0.25, 0.3) is 5.91 Å². The van der Waals surface area contributed by atoms with Gasteiger partial charge in [0, 0.05) is 5.56 Å². The number of nitrogens with two attached hydrogens (primary N) is 1. The van der Waals surface area contributed by atoms with Crippen LogP contribution in [-0.4, -0.2) is 16.8 Å². The third kappa shape index (κ3) is 1.97. The summed E-state index contributed by atoms with van der Waals surface area (Å²) in [6.45, 7) is 0. The van der Waals surface area contributed by atoms with E-state index in [0.717, 1.165) is 0 Å². The Bertz CT molecular complexity index is 363. The van der Waals surface area contributed by atoms with E-state index in [0.29, 0.717) is 10.6 Å². The number of hydrogen-bond donors (Lipinski definition) is 2. The molecule has 0 saturated heterocycles. The number of carbonyl (C=O) groups excluding carboxylic acids is 1. The van der Waals surface area contributed by atoms with E-state index in [1.165, 1.54) is 0 Å². The fourth-order valence-electron chi connectivity index (χ4n) is 0.889. The van der Waals surface area contributed by atoms with Gasteiger partial charge in [-0.25, -0.2) is 0 Å². The molecule has 0 aliphatic carbocycles. The average Bonchev–Trinajstić information content (AvgIpc) is 2.09. The fourth-order valence-corrected chi connectivity index (χ4v) is 1.11. The molecule has 1 amide bonds. The highest BCUT2D eigenvalue weighted by Crippen LogP contribution is 2.15. The molecule has 3 N–H and O–H groups in total. The summed E-state index contributed by atoms with van der Waals surface area (Å²) in [5.41, 5.74) is 5.03. The lowest BCUT2D eigenvalue weighted by molar-refractivity contribution is -0.112. The summed E-state index contributed by atoms with van der Waals surface area (Å²) >= 11 is 5.74. The lowest BCUT2D eigenvalue weighted by Crippen LogP contribution is -2.24. The number of halogens is 1. The molecule has 13 heavy (non-hydrogen) atoms. The summed E-state index contributed by atoms with van der Waals surface area (Å²) in [5.74, 6) is -0.824. The van der Waals surface area contributed by atoms with Gasteiger partial charge >= 0.3 is 0 Å². The first-order valence-corrected chi connectivity index (χ1v) is 3.81. The van der Waals surface area contributed by atoms with Gasteiger partial charge in [-0.2, -0.15) is 0 Å². The fraction of sp³-hybridized carbons (Fsp3) is 0. The maximum Gasteiger partial charge on any atom is 0.271 e. The Balaban J connectivity index is 3.21. The van der Waals surface area contributed by atoms with Crippen molar-refractivity contribution in [2.24, 2.45) is 10.9 Å². The van der Waals surface area contributed by atoms with Crippen LogP contribution in [-0.2, 0) is 4.79 Å². The summed E-state index contributed by atoms with van der Waals surface area (Å²) in [4.78, 5) is 10.8. The van der Waals surface area contributed by atoms with Gasteiger partial charge in [0.05, 0.1) is 5.02 Å². The largest absolute Gasteiger partial charge is 0.410 e. The summed E-state index contributed by atoms with van der Waals surface area (Å²) in [7, 11) is 0. The first-order chi connectivity index (χ1) is 6.16. The van der Waals surface area contributed by atoms with Crippen LogP contribution in [0.3, 0.4) is 0 Å². The normalized spacial score (nSPS) is 11.3. The van der Waals surface area contributed by atoms with Gasteiger partial charge in [-0.05, 0) is 6.07 Å². The number of oxime groups is 1. The molecule has 0 aliphatic rings. The smallest absolute Gasteiger partial charge is 0.271 e. The van der Waals surface area contributed by atoms with E-state index in [1.807, 2.05) is 0 Å². The number of nitrogens with zero attached hydrogens (tertiary/aromatic N) is 1. The van der Waals surface area contributed by atoms with Crippen molar-refractivity contribution in [1.82, 2.24) is 0 Å². The van der Waals surface area contributed by atoms with Gasteiger partial charge in [-0.3, -0.25) is 4.79 Å². The number of rotatable bonds is 2. The molecule has 0 unspecified atom stereocenters. The second-order valence-corrected chi connectivity index (χ2v) is 2.70. The van der Waals surface area contributed by atoms with Crippen molar-refractivity contribution in [2.45, 2.75) is 0 Å². The van der Waals surface area contributed by atoms with Gasteiger partial charge in [-0.15, -0.1) is 0 Å². The molecule has 5 heteroatoms. The highest BCUT2D eigenvalue weighted by atomic mass is 35.5. The van der Waals surface area contributed by atoms with Crippen molar-refractivity contribution in [3.8, 4) is 0 Å². The predicted octanol–water partition coefficient (Wildman–Crippen LogP) is 1.00. The lowest BCUT2D eigenvalue weighted by Gasteiger charge is -2.01. The van der Waals surface area contributed by atoms with E-state index < -0.39 is 5.91 Å². The van der Waals surface area contributed by atoms with Crippen molar-refractivity contribution in [2.75, 3.05) is 0 Å². The van der Waals surface area contributed by atoms with Gasteiger partial charge in [0.15, 0.2) is 5.71 Å². The molecule has 0 fully saturated rings. The van der Waals surface area contributed by atoms with Crippen LogP contribution in [0.2, 0.25) is 5.02 Å². The molecule has 0 spiro atoms. The zero-order valence-corrected chi connectivity index (χ0v) is 7.32. The van der Waals surface area contributed by atoms with E-state index >= 15 is 0 Å². The first-order valence-electron chi connectivity index (χ1n) is 3.43. The van der Waals surface area contributed by atoms with Gasteiger partial charge < -0.3 is 10.9 Å². The molecule has 1 rings (SSSR count). The number of benzene rings is 1. The Morgan fingerprint density at radius 3 is 2.54 bits per heavy atom. The minimum Gasteiger partial charge on any atom is -0.410 e. The quantitative estimate of drug-likeness (QED) is 0.423. The lowest BCUT2D eigenvalue weighted by atomic mass is 10.1. The number of amides is 1. The maximum absolute atomic E-state index is 10.8. The van der Waals surface area contributed by atoms with Crippen LogP contribution in [0.1, 0.15) is 5.56 Å². The summed E-state index contributed by atoms with van der Waals surface area (Å²) in [5, 5.41) is 11.6. The molecule has 0 bridgehead atoms. The van der Waals surface area contributed by atoms with Gasteiger partial charge in [-0.1, -0.05) is 35.0 Å². The molecule has 0 aromatic heterocycles. The van der Waals surface area contributed by atoms with Crippen molar-refractivity contribution in [1.29, 1.82) is 0 Å². The average molecular weight is 199 g/mol. The summed E-state index contributed by atoms with van der Waals surface area (Å²) in [6.07, 6.45) is 0. The topological polar surface area (TPSA) is 75.7 Å². The van der Waals surface area contributed by atoms with Crippen LogP contribution in [0.5, 0.6) is 0 Å². The SMILES string of the molecule is NC(=O)C(=NO)c1ccccc1Cl. The van der Waals surface area contributed by atoms with E-state index in [1.54, 1.807) is 24.3 Å². The van der Waals surface area contributed by atoms with Gasteiger partial charge in [0.1, 0.15) is 0 Å². The number of carbonyl (C=O) groups is 1. The molecular formula is C8H7ClN2O2. The van der Waals surface area contributed by atoms with Crippen LogP contribution in [0.15, 0.2) is 29.4 Å². The molecule has 1 aromatic rings. The minimum absolute atomic E-state index is 0.245. The second-order valence-electron chi connectivity index (χ2n) is 2.29. The molecule has 0 heterocycles. The molecular weight excluding hydrogens is 192 g/mol. The Labute approximate surface area is 79.6 Å². The third-order valence-corrected chi connectivity index (χ3v) is 1.79. The summed E-state index contributed by atoms with van der Waals surface area (Å²) < 4.78 is 0. The predicted molar refractivity (Wildman–Crippen MR) is 49.0 cm³/mol. The van der Waals surface area contributed by atoms with Crippen LogP contribution in [0.25, 0.3) is 0 Å². The number of hydrogen-bond acceptors (Lipinski definition) is 3. The van der Waals surface area contributed by atoms with E-state index in [-0.39, 0.29) is 5.71 Å².